The number of carbonyl (C=O) groups is 1. The zero-order valence-corrected chi connectivity index (χ0v) is 28.6. The Morgan fingerprint density at radius 3 is 2.42 bits per heavy atom. The molecular formula is C35H36ClF2N5O4S. The molecule has 2 aliphatic heterocycles. The number of alkyl halides is 2. The predicted octanol–water partition coefficient (Wildman–Crippen LogP) is 8.25. The SMILES string of the molecule is Cc1cc2nc(-c3ccc4c(n3)c(C3CCN(C5COC5)CC3)nn4C(F)F)sc2c(-c2ccc(Cl)cc2)c1[C@H](OC(C)(C)C)C(=O)O. The van der Waals surface area contributed by atoms with Gasteiger partial charge in [-0.15, -0.1) is 11.3 Å². The standard InChI is InChI=1S/C35H36ClF2N5O4S/c1-18-15-24-31(27(19-5-7-21(36)8-6-19)26(18)30(33(44)45)47-35(2,3)4)48-32(40-24)23-9-10-25-29(39-23)28(41-43(25)34(37)38)20-11-13-42(14-12-20)22-16-46-17-22/h5-10,15,20,22,30,34H,11-14,16-17H2,1-4H3,(H,44,45)/t30-/m0/s1. The van der Waals surface area contributed by atoms with Gasteiger partial charge in [0.2, 0.25) is 0 Å². The summed E-state index contributed by atoms with van der Waals surface area (Å²) in [7, 11) is 0. The Morgan fingerprint density at radius 1 is 1.10 bits per heavy atom. The maximum atomic E-state index is 14.2. The van der Waals surface area contributed by atoms with Crippen molar-refractivity contribution in [3.05, 3.63) is 64.3 Å². The smallest absolute Gasteiger partial charge is 0.337 e. The van der Waals surface area contributed by atoms with Crippen molar-refractivity contribution in [3.63, 3.8) is 0 Å². The van der Waals surface area contributed by atoms with Gasteiger partial charge in [-0.2, -0.15) is 13.9 Å². The third-order valence-corrected chi connectivity index (χ3v) is 10.4. The molecular weight excluding hydrogens is 660 g/mol. The van der Waals surface area contributed by atoms with Crippen molar-refractivity contribution in [2.24, 2.45) is 0 Å². The summed E-state index contributed by atoms with van der Waals surface area (Å²) in [6.45, 7) is 7.70. The molecule has 1 N–H and O–H groups in total. The Labute approximate surface area is 285 Å². The summed E-state index contributed by atoms with van der Waals surface area (Å²) >= 11 is 7.62. The second kappa shape index (κ2) is 12.7. The number of aliphatic carboxylic acids is 1. The first-order valence-corrected chi connectivity index (χ1v) is 17.2. The van der Waals surface area contributed by atoms with Crippen molar-refractivity contribution in [1.29, 1.82) is 0 Å². The topological polar surface area (TPSA) is 103 Å². The average molecular weight is 696 g/mol. The van der Waals surface area contributed by atoms with Gasteiger partial charge in [0.25, 0.3) is 0 Å². The number of likely N-dealkylation sites (tertiary alicyclic amines) is 1. The highest BCUT2D eigenvalue weighted by Crippen LogP contribution is 2.45. The molecule has 2 aromatic carbocycles. The summed E-state index contributed by atoms with van der Waals surface area (Å²) in [6, 6.07) is 12.9. The lowest BCUT2D eigenvalue weighted by atomic mass is 9.91. The number of halogens is 3. The van der Waals surface area contributed by atoms with Gasteiger partial charge >= 0.3 is 12.5 Å². The molecule has 2 saturated heterocycles. The number of hydrogen-bond acceptors (Lipinski definition) is 8. The van der Waals surface area contributed by atoms with E-state index in [1.807, 2.05) is 45.9 Å². The van der Waals surface area contributed by atoms with E-state index in [4.69, 9.17) is 31.0 Å². The van der Waals surface area contributed by atoms with Gasteiger partial charge in [-0.1, -0.05) is 23.7 Å². The molecule has 0 spiro atoms. The number of benzene rings is 2. The van der Waals surface area contributed by atoms with Crippen molar-refractivity contribution >= 4 is 50.2 Å². The largest absolute Gasteiger partial charge is 0.479 e. The van der Waals surface area contributed by atoms with Crippen molar-refractivity contribution in [1.82, 2.24) is 24.6 Å². The lowest BCUT2D eigenvalue weighted by Gasteiger charge is -2.41. The van der Waals surface area contributed by atoms with E-state index >= 15 is 0 Å². The van der Waals surface area contributed by atoms with Crippen LogP contribution in [0.25, 0.3) is 43.1 Å². The van der Waals surface area contributed by atoms with Gasteiger partial charge in [-0.25, -0.2) is 19.4 Å². The molecule has 3 aromatic heterocycles. The van der Waals surface area contributed by atoms with Gasteiger partial charge in [0.05, 0.1) is 52.0 Å². The summed E-state index contributed by atoms with van der Waals surface area (Å²) in [5.41, 5.74) is 4.49. The molecule has 2 aliphatic rings. The van der Waals surface area contributed by atoms with Crippen LogP contribution in [0, 0.1) is 6.92 Å². The van der Waals surface area contributed by atoms with Crippen molar-refractivity contribution in [2.45, 2.75) is 70.8 Å². The van der Waals surface area contributed by atoms with Crippen LogP contribution in [-0.2, 0) is 14.3 Å². The predicted molar refractivity (Wildman–Crippen MR) is 182 cm³/mol. The molecule has 48 heavy (non-hydrogen) atoms. The van der Waals surface area contributed by atoms with Gasteiger partial charge in [-0.3, -0.25) is 4.90 Å². The maximum absolute atomic E-state index is 14.2. The average Bonchev–Trinajstić information content (AvgIpc) is 3.60. The number of nitrogens with zero attached hydrogens (tertiary/aromatic N) is 5. The van der Waals surface area contributed by atoms with Crippen molar-refractivity contribution in [3.8, 4) is 21.8 Å². The van der Waals surface area contributed by atoms with Crippen LogP contribution < -0.4 is 0 Å². The van der Waals surface area contributed by atoms with Gasteiger partial charge in [0.1, 0.15) is 10.5 Å². The van der Waals surface area contributed by atoms with Crippen LogP contribution in [0.3, 0.4) is 0 Å². The Morgan fingerprint density at radius 2 is 1.81 bits per heavy atom. The van der Waals surface area contributed by atoms with Crippen LogP contribution in [0.15, 0.2) is 42.5 Å². The first-order valence-electron chi connectivity index (χ1n) is 16.0. The molecule has 0 bridgehead atoms. The first kappa shape index (κ1) is 33.0. The van der Waals surface area contributed by atoms with E-state index in [1.54, 1.807) is 24.3 Å². The van der Waals surface area contributed by atoms with E-state index in [1.165, 1.54) is 11.3 Å². The molecule has 2 fully saturated rings. The lowest BCUT2D eigenvalue weighted by Crippen LogP contribution is -2.51. The minimum absolute atomic E-state index is 0.000320. The fourth-order valence-electron chi connectivity index (χ4n) is 6.71. The highest BCUT2D eigenvalue weighted by molar-refractivity contribution is 7.22. The number of rotatable bonds is 8. The molecule has 0 unspecified atom stereocenters. The molecule has 0 radical (unpaired) electrons. The molecule has 9 nitrogen and oxygen atoms in total. The van der Waals surface area contributed by atoms with Gasteiger partial charge in [-0.05, 0) is 95.1 Å². The summed E-state index contributed by atoms with van der Waals surface area (Å²) in [5, 5.41) is 15.9. The number of carboxylic acid groups (broad SMARTS) is 1. The Kier molecular flexibility index (Phi) is 8.74. The summed E-state index contributed by atoms with van der Waals surface area (Å²) in [4.78, 5) is 25.0. The van der Waals surface area contributed by atoms with E-state index in [-0.39, 0.29) is 11.4 Å². The first-order chi connectivity index (χ1) is 22.9. The third-order valence-electron chi connectivity index (χ3n) is 9.05. The summed E-state index contributed by atoms with van der Waals surface area (Å²) < 4.78 is 41.4. The van der Waals surface area contributed by atoms with Gasteiger partial charge in [0, 0.05) is 22.1 Å². The van der Waals surface area contributed by atoms with Crippen LogP contribution in [0.1, 0.15) is 69.0 Å². The van der Waals surface area contributed by atoms with Crippen molar-refractivity contribution in [2.75, 3.05) is 26.3 Å². The normalized spacial score (nSPS) is 17.4. The zero-order chi connectivity index (χ0) is 33.9. The second-order valence-electron chi connectivity index (χ2n) is 13.5. The molecule has 252 valence electrons. The monoisotopic (exact) mass is 695 g/mol. The molecule has 0 amide bonds. The third kappa shape index (κ3) is 6.20. The number of aryl methyl sites for hydroxylation is 1. The molecule has 0 saturated carbocycles. The molecule has 5 heterocycles. The number of piperidine rings is 1. The van der Waals surface area contributed by atoms with Crippen LogP contribution in [0.2, 0.25) is 5.02 Å². The summed E-state index contributed by atoms with van der Waals surface area (Å²) in [5.74, 6) is -1.10. The van der Waals surface area contributed by atoms with Crippen LogP contribution >= 0.6 is 22.9 Å². The number of fused-ring (bicyclic) bond motifs is 2. The number of pyridine rings is 1. The number of hydrogen-bond donors (Lipinski definition) is 1. The van der Waals surface area contributed by atoms with E-state index in [0.29, 0.717) is 55.2 Å². The highest BCUT2D eigenvalue weighted by atomic mass is 35.5. The van der Waals surface area contributed by atoms with E-state index in [2.05, 4.69) is 10.00 Å². The summed E-state index contributed by atoms with van der Waals surface area (Å²) in [6.07, 6.45) is 0.352. The van der Waals surface area contributed by atoms with Crippen molar-refractivity contribution < 1.29 is 28.2 Å². The molecule has 0 aliphatic carbocycles. The Bertz CT molecular complexity index is 2000. The van der Waals surface area contributed by atoms with Crippen LogP contribution in [-0.4, -0.2) is 73.7 Å². The van der Waals surface area contributed by atoms with Gasteiger partial charge in [0.15, 0.2) is 6.10 Å². The van der Waals surface area contributed by atoms with E-state index < -0.39 is 24.2 Å². The number of thiazole rings is 1. The van der Waals surface area contributed by atoms with E-state index in [9.17, 15) is 18.7 Å². The fraction of sp³-hybridized carbons (Fsp3) is 0.429. The Hall–Kier alpha value is -3.55. The Balaban J connectivity index is 1.35. The number of carboxylic acids is 1. The fourth-order valence-corrected chi connectivity index (χ4v) is 7.93. The van der Waals surface area contributed by atoms with Crippen LogP contribution in [0.5, 0.6) is 0 Å². The lowest BCUT2D eigenvalue weighted by molar-refractivity contribution is -0.160. The number of aromatic nitrogens is 4. The van der Waals surface area contributed by atoms with Crippen LogP contribution in [0.4, 0.5) is 8.78 Å². The maximum Gasteiger partial charge on any atom is 0.337 e. The molecule has 13 heteroatoms. The molecule has 1 atom stereocenters. The second-order valence-corrected chi connectivity index (χ2v) is 14.9. The van der Waals surface area contributed by atoms with Gasteiger partial charge < -0.3 is 14.6 Å². The molecule has 5 aromatic rings. The highest BCUT2D eigenvalue weighted by Gasteiger charge is 2.34. The minimum Gasteiger partial charge on any atom is -0.479 e. The minimum atomic E-state index is -2.80. The zero-order valence-electron chi connectivity index (χ0n) is 27.0. The van der Waals surface area contributed by atoms with E-state index in [0.717, 1.165) is 54.1 Å². The molecule has 7 rings (SSSR count). The number of ether oxygens (including phenoxy) is 2. The quantitative estimate of drug-likeness (QED) is 0.173.